The highest BCUT2D eigenvalue weighted by atomic mass is 16.5. The smallest absolute Gasteiger partial charge is 0.328 e. The number of ether oxygens (including phenoxy) is 1. The van der Waals surface area contributed by atoms with Gasteiger partial charge in [-0.15, -0.1) is 0 Å². The Morgan fingerprint density at radius 2 is 1.95 bits per heavy atom. The van der Waals surface area contributed by atoms with Gasteiger partial charge in [0.05, 0.1) is 0 Å². The average molecular weight is 268 g/mol. The lowest BCUT2D eigenvalue weighted by molar-refractivity contribution is -0.131. The van der Waals surface area contributed by atoms with Crippen LogP contribution in [0.15, 0.2) is 54.1 Å². The van der Waals surface area contributed by atoms with E-state index >= 15 is 0 Å². The third-order valence-electron chi connectivity index (χ3n) is 3.55. The molecule has 102 valence electrons. The monoisotopic (exact) mass is 268 g/mol. The minimum absolute atomic E-state index is 0.352. The van der Waals surface area contributed by atoms with Gasteiger partial charge in [0.25, 0.3) is 0 Å². The molecule has 0 unspecified atom stereocenters. The first-order valence-corrected chi connectivity index (χ1v) is 6.78. The molecule has 1 aliphatic carbocycles. The van der Waals surface area contributed by atoms with E-state index in [1.807, 2.05) is 42.5 Å². The number of aliphatic carboxylic acids is 1. The van der Waals surface area contributed by atoms with Crippen molar-refractivity contribution in [1.82, 2.24) is 0 Å². The van der Waals surface area contributed by atoms with Crippen molar-refractivity contribution >= 4 is 16.7 Å². The molecule has 0 aliphatic heterocycles. The van der Waals surface area contributed by atoms with Crippen molar-refractivity contribution in [1.29, 1.82) is 0 Å². The molecule has 1 saturated carbocycles. The maximum absolute atomic E-state index is 10.8. The highest BCUT2D eigenvalue weighted by molar-refractivity contribution is 5.88. The lowest BCUT2D eigenvalue weighted by atomic mass is 10.1. The standard InChI is InChI=1S/C17H16O3/c18-17(19)10-14(12-8-9-12)11-20-16-7-3-5-13-4-1-2-6-15(13)16/h1-7,10,12H,8-9,11H2,(H,18,19)/b14-10-. The van der Waals surface area contributed by atoms with Crippen LogP contribution in [0.25, 0.3) is 10.8 Å². The Balaban J connectivity index is 1.81. The molecule has 1 fully saturated rings. The zero-order chi connectivity index (χ0) is 13.9. The van der Waals surface area contributed by atoms with Crippen molar-refractivity contribution in [2.75, 3.05) is 6.61 Å². The Bertz CT molecular complexity index is 663. The highest BCUT2D eigenvalue weighted by Crippen LogP contribution is 2.37. The first-order chi connectivity index (χ1) is 9.74. The Kier molecular flexibility index (Phi) is 3.42. The Hall–Kier alpha value is -2.29. The van der Waals surface area contributed by atoms with Crippen molar-refractivity contribution in [3.63, 3.8) is 0 Å². The van der Waals surface area contributed by atoms with E-state index in [9.17, 15) is 4.79 Å². The van der Waals surface area contributed by atoms with Crippen molar-refractivity contribution in [2.24, 2.45) is 5.92 Å². The molecule has 0 radical (unpaired) electrons. The van der Waals surface area contributed by atoms with E-state index < -0.39 is 5.97 Å². The zero-order valence-electron chi connectivity index (χ0n) is 11.1. The Morgan fingerprint density at radius 1 is 1.20 bits per heavy atom. The number of carboxylic acids is 1. The van der Waals surface area contributed by atoms with Crippen LogP contribution in [0.1, 0.15) is 12.8 Å². The first kappa shape index (κ1) is 12.7. The maximum Gasteiger partial charge on any atom is 0.328 e. The molecule has 0 heterocycles. The topological polar surface area (TPSA) is 46.5 Å². The van der Waals surface area contributed by atoms with E-state index in [-0.39, 0.29) is 0 Å². The van der Waals surface area contributed by atoms with E-state index in [0.29, 0.717) is 12.5 Å². The molecule has 3 heteroatoms. The van der Waals surface area contributed by atoms with Crippen LogP contribution in [-0.4, -0.2) is 17.7 Å². The van der Waals surface area contributed by atoms with Crippen LogP contribution in [0.3, 0.4) is 0 Å². The third-order valence-corrected chi connectivity index (χ3v) is 3.55. The van der Waals surface area contributed by atoms with E-state index in [0.717, 1.165) is 34.9 Å². The van der Waals surface area contributed by atoms with Gasteiger partial charge in [-0.2, -0.15) is 0 Å². The molecular weight excluding hydrogens is 252 g/mol. The summed E-state index contributed by atoms with van der Waals surface area (Å²) < 4.78 is 5.85. The highest BCUT2D eigenvalue weighted by Gasteiger charge is 2.27. The number of hydrogen-bond acceptors (Lipinski definition) is 2. The normalized spacial score (nSPS) is 15.3. The largest absolute Gasteiger partial charge is 0.489 e. The number of benzene rings is 2. The van der Waals surface area contributed by atoms with Crippen LogP contribution in [0.2, 0.25) is 0 Å². The zero-order valence-corrected chi connectivity index (χ0v) is 11.1. The lowest BCUT2D eigenvalue weighted by Crippen LogP contribution is -2.06. The summed E-state index contributed by atoms with van der Waals surface area (Å²) in [6.07, 6.45) is 3.43. The van der Waals surface area contributed by atoms with Crippen LogP contribution in [-0.2, 0) is 4.79 Å². The number of carboxylic acid groups (broad SMARTS) is 1. The third kappa shape index (κ3) is 2.82. The van der Waals surface area contributed by atoms with Gasteiger partial charge in [-0.1, -0.05) is 36.4 Å². The molecule has 1 N–H and O–H groups in total. The van der Waals surface area contributed by atoms with E-state index in [2.05, 4.69) is 0 Å². The average Bonchev–Trinajstić information content (AvgIpc) is 3.27. The van der Waals surface area contributed by atoms with Gasteiger partial charge in [-0.25, -0.2) is 4.79 Å². The lowest BCUT2D eigenvalue weighted by Gasteiger charge is -2.11. The summed E-state index contributed by atoms with van der Waals surface area (Å²) in [4.78, 5) is 10.8. The number of hydrogen-bond donors (Lipinski definition) is 1. The quantitative estimate of drug-likeness (QED) is 0.842. The minimum Gasteiger partial charge on any atom is -0.489 e. The van der Waals surface area contributed by atoms with Crippen molar-refractivity contribution in [3.8, 4) is 5.75 Å². The van der Waals surface area contributed by atoms with Gasteiger partial charge in [0.2, 0.25) is 0 Å². The molecular formula is C17H16O3. The molecule has 0 bridgehead atoms. The molecule has 0 saturated heterocycles. The van der Waals surface area contributed by atoms with E-state index in [1.54, 1.807) is 0 Å². The minimum atomic E-state index is -0.895. The van der Waals surface area contributed by atoms with Crippen LogP contribution < -0.4 is 4.74 Å². The van der Waals surface area contributed by atoms with Crippen LogP contribution in [0.5, 0.6) is 5.75 Å². The maximum atomic E-state index is 10.8. The Morgan fingerprint density at radius 3 is 2.70 bits per heavy atom. The van der Waals surface area contributed by atoms with Gasteiger partial charge < -0.3 is 9.84 Å². The molecule has 0 aromatic heterocycles. The summed E-state index contributed by atoms with van der Waals surface area (Å²) in [6.45, 7) is 0.352. The predicted octanol–water partition coefficient (Wildman–Crippen LogP) is 3.64. The first-order valence-electron chi connectivity index (χ1n) is 6.78. The second-order valence-electron chi connectivity index (χ2n) is 5.10. The summed E-state index contributed by atoms with van der Waals surface area (Å²) >= 11 is 0. The van der Waals surface area contributed by atoms with Gasteiger partial charge in [0, 0.05) is 11.5 Å². The molecule has 3 rings (SSSR count). The molecule has 0 amide bonds. The second-order valence-corrected chi connectivity index (χ2v) is 5.10. The number of carbonyl (C=O) groups is 1. The molecule has 2 aromatic carbocycles. The number of rotatable bonds is 5. The fourth-order valence-corrected chi connectivity index (χ4v) is 2.37. The van der Waals surface area contributed by atoms with Gasteiger partial charge >= 0.3 is 5.97 Å². The second kappa shape index (κ2) is 5.37. The molecule has 1 aliphatic rings. The van der Waals surface area contributed by atoms with Crippen molar-refractivity contribution in [2.45, 2.75) is 12.8 Å². The Labute approximate surface area is 117 Å². The van der Waals surface area contributed by atoms with Crippen LogP contribution >= 0.6 is 0 Å². The molecule has 2 aromatic rings. The predicted molar refractivity (Wildman–Crippen MR) is 77.9 cm³/mol. The molecule has 3 nitrogen and oxygen atoms in total. The van der Waals surface area contributed by atoms with Gasteiger partial charge in [-0.05, 0) is 35.8 Å². The fraction of sp³-hybridized carbons (Fsp3) is 0.235. The van der Waals surface area contributed by atoms with E-state index in [4.69, 9.17) is 9.84 Å². The summed E-state index contributed by atoms with van der Waals surface area (Å²) in [5.74, 6) is 0.300. The summed E-state index contributed by atoms with van der Waals surface area (Å²) in [5, 5.41) is 11.1. The number of fused-ring (bicyclic) bond motifs is 1. The van der Waals surface area contributed by atoms with Crippen LogP contribution in [0.4, 0.5) is 0 Å². The molecule has 20 heavy (non-hydrogen) atoms. The van der Waals surface area contributed by atoms with Crippen LogP contribution in [0, 0.1) is 5.92 Å². The van der Waals surface area contributed by atoms with Gasteiger partial charge in [0.1, 0.15) is 12.4 Å². The SMILES string of the molecule is O=C(O)/C=C(/COc1cccc2ccccc12)C1CC1. The summed E-state index contributed by atoms with van der Waals surface area (Å²) in [7, 11) is 0. The van der Waals surface area contributed by atoms with E-state index in [1.165, 1.54) is 6.08 Å². The summed E-state index contributed by atoms with van der Waals surface area (Å²) in [5.41, 5.74) is 0.880. The summed E-state index contributed by atoms with van der Waals surface area (Å²) in [6, 6.07) is 13.9. The van der Waals surface area contributed by atoms with Gasteiger partial charge in [0.15, 0.2) is 0 Å². The van der Waals surface area contributed by atoms with Gasteiger partial charge in [-0.3, -0.25) is 0 Å². The van der Waals surface area contributed by atoms with Crippen molar-refractivity contribution < 1.29 is 14.6 Å². The molecule has 0 atom stereocenters. The fourth-order valence-electron chi connectivity index (χ4n) is 2.37. The van der Waals surface area contributed by atoms with Crippen molar-refractivity contribution in [3.05, 3.63) is 54.1 Å². The molecule has 0 spiro atoms.